The third-order valence-electron chi connectivity index (χ3n) is 2.55. The second-order valence-corrected chi connectivity index (χ2v) is 3.82. The molecule has 2 rings (SSSR count). The van der Waals surface area contributed by atoms with Gasteiger partial charge in [0, 0.05) is 6.20 Å². The van der Waals surface area contributed by atoms with Gasteiger partial charge in [-0.05, 0) is 30.2 Å². The van der Waals surface area contributed by atoms with Crippen LogP contribution in [-0.2, 0) is 13.2 Å². The lowest BCUT2D eigenvalue weighted by Gasteiger charge is -2.06. The second kappa shape index (κ2) is 5.35. The lowest BCUT2D eigenvalue weighted by molar-refractivity contribution is 0.0688. The first kappa shape index (κ1) is 12.2. The number of carbonyl (C=O) groups is 1. The summed E-state index contributed by atoms with van der Waals surface area (Å²) >= 11 is 0. The molecule has 1 N–H and O–H groups in total. The Morgan fingerprint density at radius 1 is 1.33 bits per heavy atom. The van der Waals surface area contributed by atoms with Gasteiger partial charge in [-0.1, -0.05) is 19.1 Å². The fraction of sp³-hybridized carbons (Fsp3) is 0.231. The second-order valence-electron chi connectivity index (χ2n) is 3.82. The van der Waals surface area contributed by atoms with E-state index in [1.54, 1.807) is 6.20 Å². The van der Waals surface area contributed by atoms with E-state index in [-0.39, 0.29) is 12.4 Å². The number of aromatic carboxylic acids is 1. The van der Waals surface area contributed by atoms with E-state index in [4.69, 9.17) is 9.84 Å². The summed E-state index contributed by atoms with van der Waals surface area (Å²) in [5.74, 6) is -0.305. The lowest BCUT2D eigenvalue weighted by atomic mass is 10.2. The van der Waals surface area contributed by atoms with Crippen LogP contribution < -0.4 is 4.74 Å². The predicted molar refractivity (Wildman–Crippen MR) is 65.6 cm³/mol. The smallest absolute Gasteiger partial charge is 0.356 e. The zero-order valence-corrected chi connectivity index (χ0v) is 10.0. The SMILES string of the molecule is CCc1ccc(OCn2ccc(C(=O)O)n2)cc1. The number of carboxylic acids is 1. The molecule has 0 aliphatic rings. The van der Waals surface area contributed by atoms with Crippen LogP contribution in [0.1, 0.15) is 23.0 Å². The van der Waals surface area contributed by atoms with E-state index in [2.05, 4.69) is 12.0 Å². The fourth-order valence-corrected chi connectivity index (χ4v) is 1.51. The van der Waals surface area contributed by atoms with Crippen LogP contribution in [0.15, 0.2) is 36.5 Å². The summed E-state index contributed by atoms with van der Waals surface area (Å²) < 4.78 is 6.93. The molecule has 0 saturated heterocycles. The van der Waals surface area contributed by atoms with Crippen molar-refractivity contribution in [3.63, 3.8) is 0 Å². The molecule has 0 spiro atoms. The highest BCUT2D eigenvalue weighted by atomic mass is 16.5. The van der Waals surface area contributed by atoms with Crippen molar-refractivity contribution in [1.29, 1.82) is 0 Å². The molecule has 1 heterocycles. The number of carboxylic acid groups (broad SMARTS) is 1. The molecule has 1 aromatic heterocycles. The van der Waals surface area contributed by atoms with Gasteiger partial charge in [-0.15, -0.1) is 0 Å². The average molecular weight is 246 g/mol. The fourth-order valence-electron chi connectivity index (χ4n) is 1.51. The highest BCUT2D eigenvalue weighted by molar-refractivity contribution is 5.84. The molecule has 0 fully saturated rings. The number of nitrogens with zero attached hydrogens (tertiary/aromatic N) is 2. The van der Waals surface area contributed by atoms with E-state index in [0.29, 0.717) is 0 Å². The van der Waals surface area contributed by atoms with Crippen molar-refractivity contribution < 1.29 is 14.6 Å². The standard InChI is InChI=1S/C13H14N2O3/c1-2-10-3-5-11(6-4-10)18-9-15-8-7-12(14-15)13(16)17/h3-8H,2,9H2,1H3,(H,16,17). The van der Waals surface area contributed by atoms with Crippen LogP contribution in [0.5, 0.6) is 5.75 Å². The van der Waals surface area contributed by atoms with Crippen molar-refractivity contribution in [2.24, 2.45) is 0 Å². The third kappa shape index (κ3) is 2.88. The normalized spacial score (nSPS) is 10.3. The third-order valence-corrected chi connectivity index (χ3v) is 2.55. The van der Waals surface area contributed by atoms with Crippen LogP contribution in [0.25, 0.3) is 0 Å². The molecule has 0 radical (unpaired) electrons. The monoisotopic (exact) mass is 246 g/mol. The van der Waals surface area contributed by atoms with E-state index in [1.165, 1.54) is 16.3 Å². The quantitative estimate of drug-likeness (QED) is 0.878. The largest absolute Gasteiger partial charge is 0.476 e. The Morgan fingerprint density at radius 2 is 2.06 bits per heavy atom. The summed E-state index contributed by atoms with van der Waals surface area (Å²) in [6.45, 7) is 2.28. The number of aryl methyl sites for hydroxylation is 1. The topological polar surface area (TPSA) is 64.3 Å². The Labute approximate surface area is 105 Å². The molecule has 0 aliphatic heterocycles. The van der Waals surface area contributed by atoms with Crippen LogP contribution in [0, 0.1) is 0 Å². The van der Waals surface area contributed by atoms with E-state index < -0.39 is 5.97 Å². The minimum atomic E-state index is -1.04. The summed E-state index contributed by atoms with van der Waals surface area (Å²) in [7, 11) is 0. The van der Waals surface area contributed by atoms with Gasteiger partial charge in [0.1, 0.15) is 5.75 Å². The Kier molecular flexibility index (Phi) is 3.62. The maximum absolute atomic E-state index is 10.6. The van der Waals surface area contributed by atoms with E-state index in [0.717, 1.165) is 12.2 Å². The molecule has 0 aliphatic carbocycles. The molecular weight excluding hydrogens is 232 g/mol. The van der Waals surface area contributed by atoms with Gasteiger partial charge in [-0.2, -0.15) is 5.10 Å². The summed E-state index contributed by atoms with van der Waals surface area (Å²) in [5.41, 5.74) is 1.26. The molecule has 94 valence electrons. The summed E-state index contributed by atoms with van der Waals surface area (Å²) in [4.78, 5) is 10.6. The summed E-state index contributed by atoms with van der Waals surface area (Å²) in [6, 6.07) is 9.22. The molecule has 5 nitrogen and oxygen atoms in total. The maximum Gasteiger partial charge on any atom is 0.356 e. The Bertz CT molecular complexity index is 531. The lowest BCUT2D eigenvalue weighted by Crippen LogP contribution is -2.07. The van der Waals surface area contributed by atoms with Crippen LogP contribution in [0.4, 0.5) is 0 Å². The number of aromatic nitrogens is 2. The molecular formula is C13H14N2O3. The predicted octanol–water partition coefficient (Wildman–Crippen LogP) is 2.18. The molecule has 0 atom stereocenters. The zero-order valence-electron chi connectivity index (χ0n) is 10.0. The van der Waals surface area contributed by atoms with Gasteiger partial charge in [0.25, 0.3) is 0 Å². The van der Waals surface area contributed by atoms with Gasteiger partial charge in [-0.3, -0.25) is 0 Å². The Hall–Kier alpha value is -2.30. The molecule has 0 amide bonds. The minimum Gasteiger partial charge on any atom is -0.476 e. The first-order valence-electron chi connectivity index (χ1n) is 5.67. The molecule has 18 heavy (non-hydrogen) atoms. The van der Waals surface area contributed by atoms with Crippen LogP contribution in [0.3, 0.4) is 0 Å². The Balaban J connectivity index is 1.95. The minimum absolute atomic E-state index is 0.0138. The van der Waals surface area contributed by atoms with Crippen molar-refractivity contribution in [3.05, 3.63) is 47.8 Å². The molecule has 2 aromatic rings. The highest BCUT2D eigenvalue weighted by Crippen LogP contribution is 2.13. The molecule has 1 aromatic carbocycles. The van der Waals surface area contributed by atoms with Gasteiger partial charge < -0.3 is 9.84 Å². The van der Waals surface area contributed by atoms with E-state index in [9.17, 15) is 4.79 Å². The maximum atomic E-state index is 10.6. The molecule has 0 bridgehead atoms. The number of benzene rings is 1. The van der Waals surface area contributed by atoms with Gasteiger partial charge in [0.2, 0.25) is 0 Å². The van der Waals surface area contributed by atoms with Crippen LogP contribution in [-0.4, -0.2) is 20.9 Å². The summed E-state index contributed by atoms with van der Waals surface area (Å²) in [5, 5.41) is 12.6. The average Bonchev–Trinajstić information content (AvgIpc) is 2.86. The van der Waals surface area contributed by atoms with Gasteiger partial charge in [0.05, 0.1) is 0 Å². The van der Waals surface area contributed by atoms with Crippen LogP contribution in [0.2, 0.25) is 0 Å². The molecule has 0 unspecified atom stereocenters. The van der Waals surface area contributed by atoms with Crippen molar-refractivity contribution in [2.75, 3.05) is 0 Å². The van der Waals surface area contributed by atoms with E-state index >= 15 is 0 Å². The van der Waals surface area contributed by atoms with Gasteiger partial charge in [-0.25, -0.2) is 9.48 Å². The number of rotatable bonds is 5. The number of hydrogen-bond acceptors (Lipinski definition) is 3. The van der Waals surface area contributed by atoms with Gasteiger partial charge >= 0.3 is 5.97 Å². The van der Waals surface area contributed by atoms with E-state index in [1.807, 2.05) is 24.3 Å². The first-order chi connectivity index (χ1) is 8.69. The highest BCUT2D eigenvalue weighted by Gasteiger charge is 2.06. The molecule has 5 heteroatoms. The Morgan fingerprint density at radius 3 is 2.61 bits per heavy atom. The van der Waals surface area contributed by atoms with Crippen molar-refractivity contribution in [3.8, 4) is 5.75 Å². The van der Waals surface area contributed by atoms with Crippen LogP contribution >= 0.6 is 0 Å². The van der Waals surface area contributed by atoms with Crippen molar-refractivity contribution in [2.45, 2.75) is 20.1 Å². The summed E-state index contributed by atoms with van der Waals surface area (Å²) in [6.07, 6.45) is 2.56. The number of hydrogen-bond donors (Lipinski definition) is 1. The van der Waals surface area contributed by atoms with Crippen molar-refractivity contribution >= 4 is 5.97 Å². The van der Waals surface area contributed by atoms with Gasteiger partial charge in [0.15, 0.2) is 12.4 Å². The van der Waals surface area contributed by atoms with Crippen molar-refractivity contribution in [1.82, 2.24) is 9.78 Å². The molecule has 0 saturated carbocycles. The zero-order chi connectivity index (χ0) is 13.0. The first-order valence-corrected chi connectivity index (χ1v) is 5.67. The number of ether oxygens (including phenoxy) is 1.